The molecule has 4 rings (SSSR count). The lowest BCUT2D eigenvalue weighted by atomic mass is 9.90. The van der Waals surface area contributed by atoms with Crippen LogP contribution in [0, 0.1) is 5.92 Å². The summed E-state index contributed by atoms with van der Waals surface area (Å²) < 4.78 is 6.13. The number of fused-ring (bicyclic) bond motifs is 1. The molecular weight excluding hydrogens is 300 g/mol. The van der Waals surface area contributed by atoms with Crippen LogP contribution in [-0.4, -0.2) is 48.7 Å². The zero-order valence-corrected chi connectivity index (χ0v) is 14.3. The zero-order valence-electron chi connectivity index (χ0n) is 14.3. The van der Waals surface area contributed by atoms with Gasteiger partial charge in [0.15, 0.2) is 0 Å². The fourth-order valence-corrected chi connectivity index (χ4v) is 4.14. The molecule has 3 fully saturated rings. The van der Waals surface area contributed by atoms with Gasteiger partial charge in [0.1, 0.15) is 6.10 Å². The fourth-order valence-electron chi connectivity index (χ4n) is 4.14. The number of ether oxygens (including phenoxy) is 1. The molecule has 1 aromatic rings. The van der Waals surface area contributed by atoms with E-state index in [0.29, 0.717) is 12.0 Å². The summed E-state index contributed by atoms with van der Waals surface area (Å²) in [5.41, 5.74) is 1.39. The van der Waals surface area contributed by atoms with Crippen LogP contribution >= 0.6 is 0 Å². The molecule has 1 aromatic carbocycles. The number of hydrogen-bond donors (Lipinski definition) is 1. The first-order valence-electron chi connectivity index (χ1n) is 9.50. The Bertz CT molecular complexity index is 558. The van der Waals surface area contributed by atoms with E-state index in [0.717, 1.165) is 51.7 Å². The second-order valence-corrected chi connectivity index (χ2v) is 7.62. The maximum atomic E-state index is 12.3. The summed E-state index contributed by atoms with van der Waals surface area (Å²) in [5.74, 6) is 0.694. The number of carbonyl (C=O) groups excluding carboxylic acids is 1. The zero-order chi connectivity index (χ0) is 16.4. The number of benzene rings is 1. The van der Waals surface area contributed by atoms with Gasteiger partial charge in [-0.1, -0.05) is 30.3 Å². The summed E-state index contributed by atoms with van der Waals surface area (Å²) in [7, 11) is 0. The molecule has 24 heavy (non-hydrogen) atoms. The molecule has 1 aliphatic carbocycles. The molecule has 2 heterocycles. The van der Waals surface area contributed by atoms with Crippen molar-refractivity contribution in [1.82, 2.24) is 10.2 Å². The molecule has 1 amide bonds. The third kappa shape index (κ3) is 3.65. The van der Waals surface area contributed by atoms with Crippen molar-refractivity contribution in [3.8, 4) is 0 Å². The number of rotatable bonds is 5. The van der Waals surface area contributed by atoms with Crippen LogP contribution in [0.25, 0.3) is 0 Å². The van der Waals surface area contributed by atoms with E-state index in [4.69, 9.17) is 4.74 Å². The van der Waals surface area contributed by atoms with Gasteiger partial charge in [-0.15, -0.1) is 0 Å². The Hall–Kier alpha value is -1.39. The van der Waals surface area contributed by atoms with Crippen LogP contribution in [0.5, 0.6) is 0 Å². The van der Waals surface area contributed by atoms with Gasteiger partial charge in [-0.05, 0) is 56.6 Å². The summed E-state index contributed by atoms with van der Waals surface area (Å²) in [6.45, 7) is 3.19. The van der Waals surface area contributed by atoms with Crippen LogP contribution in [0.3, 0.4) is 0 Å². The average Bonchev–Trinajstić information content (AvgIpc) is 3.00. The van der Waals surface area contributed by atoms with Crippen molar-refractivity contribution in [1.29, 1.82) is 0 Å². The Morgan fingerprint density at radius 3 is 2.79 bits per heavy atom. The van der Waals surface area contributed by atoms with Crippen molar-refractivity contribution in [2.45, 2.75) is 56.8 Å². The third-order valence-electron chi connectivity index (χ3n) is 5.94. The van der Waals surface area contributed by atoms with Gasteiger partial charge >= 0.3 is 0 Å². The Morgan fingerprint density at radius 2 is 2.04 bits per heavy atom. The van der Waals surface area contributed by atoms with Crippen molar-refractivity contribution >= 4 is 5.91 Å². The van der Waals surface area contributed by atoms with Crippen LogP contribution < -0.4 is 5.32 Å². The van der Waals surface area contributed by atoms with E-state index in [1.807, 2.05) is 0 Å². The van der Waals surface area contributed by atoms with Gasteiger partial charge in [-0.3, -0.25) is 4.79 Å². The van der Waals surface area contributed by atoms with Crippen molar-refractivity contribution < 1.29 is 9.53 Å². The Morgan fingerprint density at radius 1 is 1.21 bits per heavy atom. The van der Waals surface area contributed by atoms with Crippen LogP contribution in [0.2, 0.25) is 0 Å². The van der Waals surface area contributed by atoms with Crippen molar-refractivity contribution in [2.75, 3.05) is 19.6 Å². The predicted octanol–water partition coefficient (Wildman–Crippen LogP) is 2.38. The standard InChI is InChI=1S/C20H28N2O2/c23-20(21-17-7-4-8-17)18-13-16-10-12-22(14-19(16)24-18)11-9-15-5-2-1-3-6-15/h1-3,5-6,16-19H,4,7-14H2,(H,21,23)/t16-,18+,19+/m1/s1. The lowest BCUT2D eigenvalue weighted by Gasteiger charge is -2.34. The normalized spacial score (nSPS) is 30.6. The number of piperidine rings is 1. The number of hydrogen-bond acceptors (Lipinski definition) is 3. The molecular formula is C20H28N2O2. The average molecular weight is 328 g/mol. The summed E-state index contributed by atoms with van der Waals surface area (Å²) >= 11 is 0. The summed E-state index contributed by atoms with van der Waals surface area (Å²) in [6.07, 6.45) is 6.71. The molecule has 0 aromatic heterocycles. The highest BCUT2D eigenvalue weighted by Gasteiger charge is 2.42. The molecule has 0 bridgehead atoms. The fraction of sp³-hybridized carbons (Fsp3) is 0.650. The smallest absolute Gasteiger partial charge is 0.249 e. The Balaban J connectivity index is 1.25. The molecule has 4 heteroatoms. The molecule has 1 N–H and O–H groups in total. The number of likely N-dealkylation sites (tertiary alicyclic amines) is 1. The Kier molecular flexibility index (Phi) is 4.86. The van der Waals surface area contributed by atoms with Crippen LogP contribution in [0.4, 0.5) is 0 Å². The predicted molar refractivity (Wildman–Crippen MR) is 93.8 cm³/mol. The lowest BCUT2D eigenvalue weighted by Crippen LogP contribution is -2.45. The molecule has 130 valence electrons. The second-order valence-electron chi connectivity index (χ2n) is 7.62. The SMILES string of the molecule is O=C(NC1CCC1)[C@@H]1C[C@H]2CCN(CCc3ccccc3)C[C@@H]2O1. The van der Waals surface area contributed by atoms with E-state index >= 15 is 0 Å². The van der Waals surface area contributed by atoms with Crippen molar-refractivity contribution in [3.63, 3.8) is 0 Å². The molecule has 2 saturated heterocycles. The van der Waals surface area contributed by atoms with E-state index in [2.05, 4.69) is 40.5 Å². The summed E-state index contributed by atoms with van der Waals surface area (Å²) in [6, 6.07) is 11.1. The highest BCUT2D eigenvalue weighted by molar-refractivity contribution is 5.81. The van der Waals surface area contributed by atoms with E-state index in [1.54, 1.807) is 0 Å². The molecule has 0 unspecified atom stereocenters. The van der Waals surface area contributed by atoms with Gasteiger partial charge in [-0.2, -0.15) is 0 Å². The minimum absolute atomic E-state index is 0.130. The van der Waals surface area contributed by atoms with Crippen molar-refractivity contribution in [3.05, 3.63) is 35.9 Å². The van der Waals surface area contributed by atoms with Gasteiger partial charge < -0.3 is 15.0 Å². The quantitative estimate of drug-likeness (QED) is 0.902. The highest BCUT2D eigenvalue weighted by Crippen LogP contribution is 2.33. The number of nitrogens with one attached hydrogen (secondary N) is 1. The van der Waals surface area contributed by atoms with E-state index in [1.165, 1.54) is 12.0 Å². The van der Waals surface area contributed by atoms with Crippen LogP contribution in [0.15, 0.2) is 30.3 Å². The van der Waals surface area contributed by atoms with E-state index in [9.17, 15) is 4.79 Å². The molecule has 2 aliphatic heterocycles. The molecule has 3 aliphatic rings. The third-order valence-corrected chi connectivity index (χ3v) is 5.94. The minimum atomic E-state index is -0.213. The monoisotopic (exact) mass is 328 g/mol. The second kappa shape index (κ2) is 7.24. The molecule has 0 radical (unpaired) electrons. The highest BCUT2D eigenvalue weighted by atomic mass is 16.5. The van der Waals surface area contributed by atoms with Gasteiger partial charge in [0, 0.05) is 19.1 Å². The first-order chi connectivity index (χ1) is 11.8. The first kappa shape index (κ1) is 16.1. The number of nitrogens with zero attached hydrogens (tertiary/aromatic N) is 1. The van der Waals surface area contributed by atoms with Gasteiger partial charge in [0.25, 0.3) is 0 Å². The number of amides is 1. The first-order valence-corrected chi connectivity index (χ1v) is 9.50. The molecule has 1 saturated carbocycles. The topological polar surface area (TPSA) is 41.6 Å². The molecule has 0 spiro atoms. The van der Waals surface area contributed by atoms with E-state index in [-0.39, 0.29) is 18.1 Å². The van der Waals surface area contributed by atoms with Gasteiger partial charge in [0.2, 0.25) is 5.91 Å². The Labute approximate surface area is 144 Å². The minimum Gasteiger partial charge on any atom is -0.364 e. The van der Waals surface area contributed by atoms with Crippen LogP contribution in [0.1, 0.15) is 37.7 Å². The summed E-state index contributed by atoms with van der Waals surface area (Å²) in [5, 5.41) is 3.15. The maximum absolute atomic E-state index is 12.3. The lowest BCUT2D eigenvalue weighted by molar-refractivity contribution is -0.134. The summed E-state index contributed by atoms with van der Waals surface area (Å²) in [4.78, 5) is 14.8. The van der Waals surface area contributed by atoms with Crippen molar-refractivity contribution in [2.24, 2.45) is 5.92 Å². The largest absolute Gasteiger partial charge is 0.364 e. The van der Waals surface area contributed by atoms with Gasteiger partial charge in [0.05, 0.1) is 6.10 Å². The molecule has 4 nitrogen and oxygen atoms in total. The van der Waals surface area contributed by atoms with Gasteiger partial charge in [-0.25, -0.2) is 0 Å². The van der Waals surface area contributed by atoms with E-state index < -0.39 is 0 Å². The number of carbonyl (C=O) groups is 1. The molecule has 3 atom stereocenters. The maximum Gasteiger partial charge on any atom is 0.249 e. The van der Waals surface area contributed by atoms with Crippen LogP contribution in [-0.2, 0) is 16.0 Å².